The summed E-state index contributed by atoms with van der Waals surface area (Å²) in [7, 11) is 0. The van der Waals surface area contributed by atoms with E-state index in [-0.39, 0.29) is 11.2 Å². The molecule has 17 heavy (non-hydrogen) atoms. The van der Waals surface area contributed by atoms with E-state index in [2.05, 4.69) is 13.8 Å². The van der Waals surface area contributed by atoms with Crippen molar-refractivity contribution >= 4 is 11.6 Å². The molecule has 0 N–H and O–H groups in total. The zero-order chi connectivity index (χ0) is 12.7. The molecule has 0 amide bonds. The fourth-order valence-electron chi connectivity index (χ4n) is 2.30. The van der Waals surface area contributed by atoms with Crippen LogP contribution in [0.5, 0.6) is 0 Å². The van der Waals surface area contributed by atoms with Crippen LogP contribution in [-0.2, 0) is 6.42 Å². The molecule has 0 aliphatic rings. The van der Waals surface area contributed by atoms with E-state index < -0.39 is 0 Å². The molecule has 96 valence electrons. The average Bonchev–Trinajstić information content (AvgIpc) is 2.28. The minimum atomic E-state index is -0.172. The molecule has 0 aliphatic heterocycles. The Morgan fingerprint density at radius 1 is 1.18 bits per heavy atom. The normalized spacial score (nSPS) is 13.0. The lowest BCUT2D eigenvalue weighted by Gasteiger charge is -2.21. The van der Waals surface area contributed by atoms with Gasteiger partial charge in [0.05, 0.1) is 0 Å². The van der Waals surface area contributed by atoms with Gasteiger partial charge in [0.2, 0.25) is 0 Å². The first-order valence-corrected chi connectivity index (χ1v) is 6.99. The van der Waals surface area contributed by atoms with Gasteiger partial charge in [-0.25, -0.2) is 4.39 Å². The van der Waals surface area contributed by atoms with Crippen LogP contribution < -0.4 is 0 Å². The largest absolute Gasteiger partial charge is 0.207 e. The van der Waals surface area contributed by atoms with Crippen LogP contribution in [0.3, 0.4) is 0 Å². The summed E-state index contributed by atoms with van der Waals surface area (Å²) in [5.74, 6) is 0.379. The van der Waals surface area contributed by atoms with Crippen molar-refractivity contribution in [2.75, 3.05) is 0 Å². The highest BCUT2D eigenvalue weighted by Crippen LogP contribution is 2.25. The summed E-state index contributed by atoms with van der Waals surface area (Å²) in [6.45, 7) is 4.38. The predicted molar refractivity (Wildman–Crippen MR) is 73.1 cm³/mol. The van der Waals surface area contributed by atoms with Crippen molar-refractivity contribution in [3.8, 4) is 0 Å². The Hall–Kier alpha value is -0.560. The van der Waals surface area contributed by atoms with E-state index in [4.69, 9.17) is 11.6 Å². The first-order chi connectivity index (χ1) is 8.17. The lowest BCUT2D eigenvalue weighted by Crippen LogP contribution is -2.17. The molecule has 1 aromatic rings. The summed E-state index contributed by atoms with van der Waals surface area (Å²) in [6, 6.07) is 6.77. The average molecular weight is 257 g/mol. The van der Waals surface area contributed by atoms with Gasteiger partial charge in [-0.15, -0.1) is 11.6 Å². The molecule has 0 radical (unpaired) electrons. The van der Waals surface area contributed by atoms with Gasteiger partial charge < -0.3 is 0 Å². The highest BCUT2D eigenvalue weighted by Gasteiger charge is 2.18. The van der Waals surface area contributed by atoms with Crippen LogP contribution in [0.2, 0.25) is 0 Å². The van der Waals surface area contributed by atoms with E-state index in [1.54, 1.807) is 12.1 Å². The van der Waals surface area contributed by atoms with Gasteiger partial charge in [-0.1, -0.05) is 38.8 Å². The number of hydrogen-bond acceptors (Lipinski definition) is 0. The Morgan fingerprint density at radius 2 is 1.82 bits per heavy atom. The fourth-order valence-corrected chi connectivity index (χ4v) is 2.73. The highest BCUT2D eigenvalue weighted by atomic mass is 35.5. The van der Waals surface area contributed by atoms with Crippen LogP contribution in [0.25, 0.3) is 0 Å². The SMILES string of the molecule is CCCC(CCC)C(Cl)Cc1cccc(F)c1. The Kier molecular flexibility index (Phi) is 6.57. The van der Waals surface area contributed by atoms with Crippen LogP contribution in [-0.4, -0.2) is 5.38 Å². The van der Waals surface area contributed by atoms with Crippen molar-refractivity contribution in [3.63, 3.8) is 0 Å². The molecule has 0 fully saturated rings. The monoisotopic (exact) mass is 256 g/mol. The van der Waals surface area contributed by atoms with Crippen LogP contribution in [0.1, 0.15) is 45.1 Å². The van der Waals surface area contributed by atoms with Gasteiger partial charge in [0.25, 0.3) is 0 Å². The first-order valence-electron chi connectivity index (χ1n) is 6.55. The quantitative estimate of drug-likeness (QED) is 0.589. The molecule has 1 atom stereocenters. The molecular formula is C15H22ClF. The van der Waals surface area contributed by atoms with Gasteiger partial charge in [-0.05, 0) is 42.9 Å². The lowest BCUT2D eigenvalue weighted by molar-refractivity contribution is 0.417. The van der Waals surface area contributed by atoms with E-state index in [9.17, 15) is 4.39 Å². The molecule has 0 aliphatic carbocycles. The smallest absolute Gasteiger partial charge is 0.123 e. The molecule has 1 aromatic carbocycles. The van der Waals surface area contributed by atoms with Gasteiger partial charge in [0.15, 0.2) is 0 Å². The highest BCUT2D eigenvalue weighted by molar-refractivity contribution is 6.20. The summed E-state index contributed by atoms with van der Waals surface area (Å²) >= 11 is 6.47. The lowest BCUT2D eigenvalue weighted by atomic mass is 9.91. The molecule has 0 saturated carbocycles. The van der Waals surface area contributed by atoms with Crippen molar-refractivity contribution in [2.24, 2.45) is 5.92 Å². The second-order valence-corrected chi connectivity index (χ2v) is 5.25. The topological polar surface area (TPSA) is 0 Å². The van der Waals surface area contributed by atoms with Gasteiger partial charge >= 0.3 is 0 Å². The van der Waals surface area contributed by atoms with Crippen molar-refractivity contribution in [2.45, 2.75) is 51.3 Å². The molecule has 0 saturated heterocycles. The zero-order valence-electron chi connectivity index (χ0n) is 10.8. The maximum Gasteiger partial charge on any atom is 0.123 e. The summed E-state index contributed by atoms with van der Waals surface area (Å²) in [6.07, 6.45) is 5.42. The maximum atomic E-state index is 13.1. The summed E-state index contributed by atoms with van der Waals surface area (Å²) in [4.78, 5) is 0. The predicted octanol–water partition coefficient (Wildman–Crippen LogP) is 5.19. The molecule has 0 aromatic heterocycles. The van der Waals surface area contributed by atoms with Crippen LogP contribution in [0.4, 0.5) is 4.39 Å². The molecule has 0 spiro atoms. The van der Waals surface area contributed by atoms with Crippen molar-refractivity contribution < 1.29 is 4.39 Å². The molecule has 1 rings (SSSR count). The minimum absolute atomic E-state index is 0.122. The summed E-state index contributed by atoms with van der Waals surface area (Å²) in [5.41, 5.74) is 1.00. The second-order valence-electron chi connectivity index (χ2n) is 4.69. The van der Waals surface area contributed by atoms with E-state index >= 15 is 0 Å². The zero-order valence-corrected chi connectivity index (χ0v) is 11.5. The van der Waals surface area contributed by atoms with Gasteiger partial charge in [0, 0.05) is 5.38 Å². The van der Waals surface area contributed by atoms with E-state index in [0.29, 0.717) is 5.92 Å². The number of hydrogen-bond donors (Lipinski definition) is 0. The van der Waals surface area contributed by atoms with Crippen molar-refractivity contribution in [1.29, 1.82) is 0 Å². The Labute approximate surface area is 109 Å². The molecule has 0 bridgehead atoms. The van der Waals surface area contributed by atoms with E-state index in [1.807, 2.05) is 6.07 Å². The standard InChI is InChI=1S/C15H22ClF/c1-3-6-13(7-4-2)15(16)11-12-8-5-9-14(17)10-12/h5,8-10,13,15H,3-4,6-7,11H2,1-2H3. The second kappa shape index (κ2) is 7.71. The summed E-state index contributed by atoms with van der Waals surface area (Å²) < 4.78 is 13.1. The van der Waals surface area contributed by atoms with E-state index in [1.165, 1.54) is 6.07 Å². The number of alkyl halides is 1. The minimum Gasteiger partial charge on any atom is -0.207 e. The van der Waals surface area contributed by atoms with Crippen molar-refractivity contribution in [1.82, 2.24) is 0 Å². The maximum absolute atomic E-state index is 13.1. The Bertz CT molecular complexity index is 318. The van der Waals surface area contributed by atoms with E-state index in [0.717, 1.165) is 37.7 Å². The fraction of sp³-hybridized carbons (Fsp3) is 0.600. The van der Waals surface area contributed by atoms with Crippen molar-refractivity contribution in [3.05, 3.63) is 35.6 Å². The van der Waals surface area contributed by atoms with Crippen LogP contribution in [0.15, 0.2) is 24.3 Å². The Morgan fingerprint density at radius 3 is 2.35 bits per heavy atom. The molecule has 0 nitrogen and oxygen atoms in total. The van der Waals surface area contributed by atoms with Gasteiger partial charge in [0.1, 0.15) is 5.82 Å². The summed E-state index contributed by atoms with van der Waals surface area (Å²) in [5, 5.41) is 0.122. The number of benzene rings is 1. The molecule has 0 heterocycles. The number of rotatable bonds is 7. The van der Waals surface area contributed by atoms with Crippen LogP contribution >= 0.6 is 11.6 Å². The third-order valence-electron chi connectivity index (χ3n) is 3.15. The molecule has 2 heteroatoms. The first kappa shape index (κ1) is 14.5. The third kappa shape index (κ3) is 5.08. The van der Waals surface area contributed by atoms with Gasteiger partial charge in [-0.2, -0.15) is 0 Å². The third-order valence-corrected chi connectivity index (χ3v) is 3.66. The molecular weight excluding hydrogens is 235 g/mol. The molecule has 1 unspecified atom stereocenters. The van der Waals surface area contributed by atoms with Crippen LogP contribution in [0, 0.1) is 11.7 Å². The number of halogens is 2. The van der Waals surface area contributed by atoms with Gasteiger partial charge in [-0.3, -0.25) is 0 Å². The Balaban J connectivity index is 2.59.